The fourth-order valence-electron chi connectivity index (χ4n) is 3.40. The van der Waals surface area contributed by atoms with Crippen LogP contribution in [0.15, 0.2) is 83.7 Å². The van der Waals surface area contributed by atoms with E-state index in [2.05, 4.69) is 4.98 Å². The van der Waals surface area contributed by atoms with Crippen LogP contribution in [-0.4, -0.2) is 22.9 Å². The number of nitrogens with zero attached hydrogens (tertiary/aromatic N) is 2. The standard InChI is InChI=1S/C24H19N3O5/c1-32-21-12-10-19(11-13-21)26(24(29)16-6-8-20(9-7-16)27(30)31)15-18-14-17-4-2-3-5-22(17)25-23(18)28/h2-14H,15H2,1H3,(H,25,28). The maximum Gasteiger partial charge on any atom is 0.269 e. The molecule has 0 fully saturated rings. The summed E-state index contributed by atoms with van der Waals surface area (Å²) in [4.78, 5) is 40.8. The fraction of sp³-hybridized carbons (Fsp3) is 0.0833. The quantitative estimate of drug-likeness (QED) is 0.364. The number of carbonyl (C=O) groups is 1. The number of aromatic nitrogens is 1. The van der Waals surface area contributed by atoms with Crippen molar-refractivity contribution >= 4 is 28.2 Å². The number of hydrogen-bond donors (Lipinski definition) is 1. The Morgan fingerprint density at radius 1 is 1.03 bits per heavy atom. The monoisotopic (exact) mass is 429 g/mol. The van der Waals surface area contributed by atoms with Gasteiger partial charge in [0, 0.05) is 34.5 Å². The van der Waals surface area contributed by atoms with Gasteiger partial charge >= 0.3 is 0 Å². The number of aromatic amines is 1. The molecule has 1 aromatic heterocycles. The summed E-state index contributed by atoms with van der Waals surface area (Å²) < 4.78 is 5.19. The number of ether oxygens (including phenoxy) is 1. The molecule has 4 rings (SSSR count). The number of nitro groups is 1. The van der Waals surface area contributed by atoms with Gasteiger partial charge in [-0.1, -0.05) is 18.2 Å². The largest absolute Gasteiger partial charge is 0.497 e. The molecule has 1 N–H and O–H groups in total. The van der Waals surface area contributed by atoms with Gasteiger partial charge in [-0.25, -0.2) is 0 Å². The van der Waals surface area contributed by atoms with E-state index in [0.717, 1.165) is 5.39 Å². The van der Waals surface area contributed by atoms with Crippen LogP contribution in [-0.2, 0) is 6.54 Å². The molecule has 0 spiro atoms. The van der Waals surface area contributed by atoms with Crippen molar-refractivity contribution in [3.8, 4) is 5.75 Å². The van der Waals surface area contributed by atoms with Gasteiger partial charge in [0.2, 0.25) is 0 Å². The minimum atomic E-state index is -0.524. The van der Waals surface area contributed by atoms with E-state index in [1.54, 1.807) is 37.4 Å². The topological polar surface area (TPSA) is 106 Å². The molecular weight excluding hydrogens is 410 g/mol. The number of fused-ring (bicyclic) bond motifs is 1. The second-order valence-electron chi connectivity index (χ2n) is 7.10. The predicted octanol–water partition coefficient (Wildman–Crippen LogP) is 4.29. The van der Waals surface area contributed by atoms with E-state index in [1.165, 1.54) is 29.2 Å². The van der Waals surface area contributed by atoms with Crippen molar-refractivity contribution in [2.24, 2.45) is 0 Å². The normalized spacial score (nSPS) is 10.7. The summed E-state index contributed by atoms with van der Waals surface area (Å²) >= 11 is 0. The number of methoxy groups -OCH3 is 1. The Bertz CT molecular complexity index is 1340. The van der Waals surface area contributed by atoms with Crippen LogP contribution in [0.4, 0.5) is 11.4 Å². The lowest BCUT2D eigenvalue weighted by Gasteiger charge is -2.23. The molecular formula is C24H19N3O5. The SMILES string of the molecule is COc1ccc(N(Cc2cc3ccccc3[nH]c2=O)C(=O)c2ccc([N+](=O)[O-])cc2)cc1. The molecule has 0 saturated carbocycles. The van der Waals surface area contributed by atoms with Gasteiger partial charge in [-0.2, -0.15) is 0 Å². The molecule has 8 nitrogen and oxygen atoms in total. The van der Waals surface area contributed by atoms with Crippen LogP contribution in [0.3, 0.4) is 0 Å². The van der Waals surface area contributed by atoms with Gasteiger partial charge in [0.1, 0.15) is 5.75 Å². The molecule has 0 unspecified atom stereocenters. The third-order valence-electron chi connectivity index (χ3n) is 5.11. The Labute approximate surface area is 182 Å². The van der Waals surface area contributed by atoms with Crippen LogP contribution in [0.1, 0.15) is 15.9 Å². The zero-order valence-corrected chi connectivity index (χ0v) is 17.1. The summed E-state index contributed by atoms with van der Waals surface area (Å²) in [7, 11) is 1.55. The number of para-hydroxylation sites is 1. The van der Waals surface area contributed by atoms with E-state index >= 15 is 0 Å². The number of benzene rings is 3. The minimum Gasteiger partial charge on any atom is -0.497 e. The van der Waals surface area contributed by atoms with Crippen molar-refractivity contribution < 1.29 is 14.5 Å². The van der Waals surface area contributed by atoms with Crippen LogP contribution in [0.25, 0.3) is 10.9 Å². The number of nitro benzene ring substituents is 1. The second-order valence-corrected chi connectivity index (χ2v) is 7.10. The fourth-order valence-corrected chi connectivity index (χ4v) is 3.40. The third-order valence-corrected chi connectivity index (χ3v) is 5.11. The van der Waals surface area contributed by atoms with Gasteiger partial charge in [0.15, 0.2) is 0 Å². The maximum atomic E-state index is 13.4. The van der Waals surface area contributed by atoms with Crippen molar-refractivity contribution in [3.63, 3.8) is 0 Å². The number of pyridine rings is 1. The van der Waals surface area contributed by atoms with Crippen molar-refractivity contribution in [2.75, 3.05) is 12.0 Å². The first-order chi connectivity index (χ1) is 15.5. The lowest BCUT2D eigenvalue weighted by Crippen LogP contribution is -2.32. The Hall–Kier alpha value is -4.46. The Kier molecular flexibility index (Phi) is 5.67. The van der Waals surface area contributed by atoms with Crippen LogP contribution >= 0.6 is 0 Å². The summed E-state index contributed by atoms with van der Waals surface area (Å²) in [5.74, 6) is 0.234. The summed E-state index contributed by atoms with van der Waals surface area (Å²) in [6.07, 6.45) is 0. The highest BCUT2D eigenvalue weighted by Gasteiger charge is 2.21. The summed E-state index contributed by atoms with van der Waals surface area (Å²) in [6.45, 7) is 0.0162. The number of amides is 1. The van der Waals surface area contributed by atoms with Gasteiger partial charge < -0.3 is 14.6 Å². The number of hydrogen-bond acceptors (Lipinski definition) is 5. The molecule has 4 aromatic rings. The molecule has 160 valence electrons. The average molecular weight is 429 g/mol. The lowest BCUT2D eigenvalue weighted by molar-refractivity contribution is -0.384. The zero-order chi connectivity index (χ0) is 22.7. The average Bonchev–Trinajstić information content (AvgIpc) is 2.82. The first kappa shape index (κ1) is 20.8. The molecule has 0 aliphatic carbocycles. The predicted molar refractivity (Wildman–Crippen MR) is 121 cm³/mol. The van der Waals surface area contributed by atoms with Crippen LogP contribution in [0.5, 0.6) is 5.75 Å². The lowest BCUT2D eigenvalue weighted by atomic mass is 10.1. The van der Waals surface area contributed by atoms with Gasteiger partial charge in [-0.05, 0) is 53.9 Å². The number of non-ortho nitro benzene ring substituents is 1. The van der Waals surface area contributed by atoms with E-state index in [1.807, 2.05) is 24.3 Å². The molecule has 0 bridgehead atoms. The molecule has 0 radical (unpaired) electrons. The van der Waals surface area contributed by atoms with Crippen molar-refractivity contribution in [1.29, 1.82) is 0 Å². The molecule has 0 aliphatic heterocycles. The second kappa shape index (κ2) is 8.73. The van der Waals surface area contributed by atoms with Crippen molar-refractivity contribution in [2.45, 2.75) is 6.54 Å². The molecule has 3 aromatic carbocycles. The Morgan fingerprint density at radius 3 is 2.38 bits per heavy atom. The highest BCUT2D eigenvalue weighted by Crippen LogP contribution is 2.24. The third kappa shape index (κ3) is 4.20. The van der Waals surface area contributed by atoms with Crippen molar-refractivity contribution in [3.05, 3.63) is 110 Å². The summed E-state index contributed by atoms with van der Waals surface area (Å²) in [5, 5.41) is 11.8. The highest BCUT2D eigenvalue weighted by molar-refractivity contribution is 6.06. The van der Waals surface area contributed by atoms with Gasteiger partial charge in [-0.3, -0.25) is 19.7 Å². The number of carbonyl (C=O) groups excluding carboxylic acids is 1. The van der Waals surface area contributed by atoms with Crippen molar-refractivity contribution in [1.82, 2.24) is 4.98 Å². The van der Waals surface area contributed by atoms with Gasteiger partial charge in [0.05, 0.1) is 18.6 Å². The number of rotatable bonds is 6. The summed E-state index contributed by atoms with van der Waals surface area (Å²) in [6, 6.07) is 21.4. The molecule has 32 heavy (non-hydrogen) atoms. The first-order valence-corrected chi connectivity index (χ1v) is 9.77. The van der Waals surface area contributed by atoms with E-state index in [9.17, 15) is 19.7 Å². The van der Waals surface area contributed by atoms with Crippen LogP contribution < -0.4 is 15.2 Å². The Morgan fingerprint density at radius 2 is 1.72 bits per heavy atom. The van der Waals surface area contributed by atoms with E-state index < -0.39 is 10.8 Å². The summed E-state index contributed by atoms with van der Waals surface area (Å²) in [5.41, 5.74) is 1.54. The molecule has 8 heteroatoms. The molecule has 0 aliphatic rings. The zero-order valence-electron chi connectivity index (χ0n) is 17.1. The van der Waals surface area contributed by atoms with Crippen LogP contribution in [0.2, 0.25) is 0 Å². The molecule has 1 amide bonds. The maximum absolute atomic E-state index is 13.4. The Balaban J connectivity index is 1.75. The number of H-pyrrole nitrogens is 1. The highest BCUT2D eigenvalue weighted by atomic mass is 16.6. The number of anilines is 1. The smallest absolute Gasteiger partial charge is 0.269 e. The number of nitrogens with one attached hydrogen (secondary N) is 1. The molecule has 0 saturated heterocycles. The molecule has 0 atom stereocenters. The first-order valence-electron chi connectivity index (χ1n) is 9.77. The van der Waals surface area contributed by atoms with Gasteiger partial charge in [-0.15, -0.1) is 0 Å². The molecule has 1 heterocycles. The van der Waals surface area contributed by atoms with Gasteiger partial charge in [0.25, 0.3) is 17.2 Å². The van der Waals surface area contributed by atoms with E-state index in [0.29, 0.717) is 22.5 Å². The van der Waals surface area contributed by atoms with E-state index in [-0.39, 0.29) is 23.4 Å². The van der Waals surface area contributed by atoms with E-state index in [4.69, 9.17) is 4.74 Å². The minimum absolute atomic E-state index is 0.0162. The van der Waals surface area contributed by atoms with Crippen LogP contribution in [0, 0.1) is 10.1 Å².